The van der Waals surface area contributed by atoms with Gasteiger partial charge in [0, 0.05) is 19.1 Å². The average molecular weight is 232 g/mol. The van der Waals surface area contributed by atoms with Crippen LogP contribution < -0.4 is 0 Å². The van der Waals surface area contributed by atoms with E-state index in [1.807, 2.05) is 25.1 Å². The van der Waals surface area contributed by atoms with Crippen molar-refractivity contribution < 1.29 is 5.11 Å². The molecule has 0 aliphatic carbocycles. The minimum absolute atomic E-state index is 0.174. The van der Waals surface area contributed by atoms with E-state index in [1.165, 1.54) is 5.56 Å². The number of rotatable bonds is 5. The zero-order chi connectivity index (χ0) is 12.8. The maximum Gasteiger partial charge on any atom is 0.0991 e. The highest BCUT2D eigenvalue weighted by Gasteiger charge is 2.10. The Hall–Kier alpha value is -1.37. The zero-order valence-corrected chi connectivity index (χ0v) is 10.8. The fourth-order valence-electron chi connectivity index (χ4n) is 1.81. The van der Waals surface area contributed by atoms with Gasteiger partial charge in [0.25, 0.3) is 0 Å². The van der Waals surface area contributed by atoms with Crippen LogP contribution in [-0.4, -0.2) is 29.2 Å². The van der Waals surface area contributed by atoms with E-state index in [0.717, 1.165) is 12.1 Å². The summed E-state index contributed by atoms with van der Waals surface area (Å²) in [5.41, 5.74) is 3.04. The predicted octanol–water partition coefficient (Wildman–Crippen LogP) is 2.07. The Morgan fingerprint density at radius 1 is 1.41 bits per heavy atom. The molecule has 92 valence electrons. The van der Waals surface area contributed by atoms with Gasteiger partial charge in [-0.1, -0.05) is 6.07 Å². The highest BCUT2D eigenvalue weighted by Crippen LogP contribution is 2.14. The van der Waals surface area contributed by atoms with Crippen LogP contribution in [0, 0.1) is 18.3 Å². The molecular formula is C14H20N2O. The first-order valence-electron chi connectivity index (χ1n) is 5.93. The van der Waals surface area contributed by atoms with Crippen molar-refractivity contribution in [3.63, 3.8) is 0 Å². The summed E-state index contributed by atoms with van der Waals surface area (Å²) in [5, 5.41) is 17.8. The molecule has 1 rings (SSSR count). The molecule has 3 nitrogen and oxygen atoms in total. The van der Waals surface area contributed by atoms with Crippen molar-refractivity contribution >= 4 is 0 Å². The summed E-state index contributed by atoms with van der Waals surface area (Å²) >= 11 is 0. The van der Waals surface area contributed by atoms with E-state index in [4.69, 9.17) is 10.4 Å². The number of aliphatic hydroxyl groups is 1. The van der Waals surface area contributed by atoms with Gasteiger partial charge in [0.15, 0.2) is 0 Å². The number of benzene rings is 1. The summed E-state index contributed by atoms with van der Waals surface area (Å²) < 4.78 is 0. The predicted molar refractivity (Wildman–Crippen MR) is 68.5 cm³/mol. The molecule has 0 unspecified atom stereocenters. The van der Waals surface area contributed by atoms with Crippen molar-refractivity contribution in [1.29, 1.82) is 5.26 Å². The highest BCUT2D eigenvalue weighted by atomic mass is 16.3. The van der Waals surface area contributed by atoms with Crippen LogP contribution in [0.2, 0.25) is 0 Å². The smallest absolute Gasteiger partial charge is 0.0991 e. The molecule has 0 aromatic heterocycles. The highest BCUT2D eigenvalue weighted by molar-refractivity contribution is 5.37. The Bertz CT molecular complexity index is 407. The molecule has 0 atom stereocenters. The van der Waals surface area contributed by atoms with Crippen LogP contribution in [0.25, 0.3) is 0 Å². The number of hydrogen-bond donors (Lipinski definition) is 1. The quantitative estimate of drug-likeness (QED) is 0.845. The number of nitriles is 1. The maximum atomic E-state index is 9.03. The van der Waals surface area contributed by atoms with Crippen molar-refractivity contribution in [3.8, 4) is 6.07 Å². The normalized spacial score (nSPS) is 10.9. The molecule has 0 heterocycles. The summed E-state index contributed by atoms with van der Waals surface area (Å²) in [4.78, 5) is 2.22. The van der Waals surface area contributed by atoms with E-state index in [-0.39, 0.29) is 6.61 Å². The second-order valence-electron chi connectivity index (χ2n) is 4.54. The molecule has 17 heavy (non-hydrogen) atoms. The van der Waals surface area contributed by atoms with Gasteiger partial charge in [-0.15, -0.1) is 0 Å². The summed E-state index contributed by atoms with van der Waals surface area (Å²) in [6, 6.07) is 8.30. The second-order valence-corrected chi connectivity index (χ2v) is 4.54. The lowest BCUT2D eigenvalue weighted by Crippen LogP contribution is -2.33. The first-order valence-corrected chi connectivity index (χ1v) is 5.93. The number of aliphatic hydroxyl groups excluding tert-OH is 1. The van der Waals surface area contributed by atoms with E-state index in [1.54, 1.807) is 0 Å². The van der Waals surface area contributed by atoms with Gasteiger partial charge >= 0.3 is 0 Å². The van der Waals surface area contributed by atoms with Crippen LogP contribution in [-0.2, 0) is 6.54 Å². The van der Waals surface area contributed by atoms with Gasteiger partial charge in [0.2, 0.25) is 0 Å². The standard InChI is InChI=1S/C14H20N2O/c1-11(2)16(6-7-17)10-14-5-4-13(9-15)8-12(14)3/h4-5,8,11,17H,6-7,10H2,1-3H3. The van der Waals surface area contributed by atoms with E-state index in [2.05, 4.69) is 24.8 Å². The molecular weight excluding hydrogens is 212 g/mol. The Balaban J connectivity index is 2.83. The molecule has 0 fully saturated rings. The van der Waals surface area contributed by atoms with E-state index in [9.17, 15) is 0 Å². The van der Waals surface area contributed by atoms with Gasteiger partial charge in [-0.2, -0.15) is 5.26 Å². The average Bonchev–Trinajstić information content (AvgIpc) is 2.30. The van der Waals surface area contributed by atoms with Crippen molar-refractivity contribution in [2.45, 2.75) is 33.4 Å². The molecule has 0 bridgehead atoms. The fourth-order valence-corrected chi connectivity index (χ4v) is 1.81. The van der Waals surface area contributed by atoms with E-state index >= 15 is 0 Å². The molecule has 0 spiro atoms. The van der Waals surface area contributed by atoms with Crippen LogP contribution in [0.5, 0.6) is 0 Å². The Labute approximate surface area is 103 Å². The molecule has 3 heteroatoms. The van der Waals surface area contributed by atoms with Gasteiger partial charge in [-0.25, -0.2) is 0 Å². The molecule has 0 aliphatic heterocycles. The van der Waals surface area contributed by atoms with Crippen LogP contribution in [0.4, 0.5) is 0 Å². The van der Waals surface area contributed by atoms with Crippen molar-refractivity contribution in [2.24, 2.45) is 0 Å². The molecule has 0 aliphatic rings. The third kappa shape index (κ3) is 3.85. The van der Waals surface area contributed by atoms with Crippen LogP contribution in [0.1, 0.15) is 30.5 Å². The summed E-state index contributed by atoms with van der Waals surface area (Å²) in [6.45, 7) is 7.93. The van der Waals surface area contributed by atoms with Crippen LogP contribution >= 0.6 is 0 Å². The van der Waals surface area contributed by atoms with Crippen molar-refractivity contribution in [1.82, 2.24) is 4.90 Å². The number of hydrogen-bond acceptors (Lipinski definition) is 3. The summed E-state index contributed by atoms with van der Waals surface area (Å²) in [6.07, 6.45) is 0. The fraction of sp³-hybridized carbons (Fsp3) is 0.500. The molecule has 1 N–H and O–H groups in total. The maximum absolute atomic E-state index is 9.03. The van der Waals surface area contributed by atoms with Crippen molar-refractivity contribution in [3.05, 3.63) is 34.9 Å². The van der Waals surface area contributed by atoms with Crippen LogP contribution in [0.15, 0.2) is 18.2 Å². The number of aryl methyl sites for hydroxylation is 1. The van der Waals surface area contributed by atoms with Gasteiger partial charge in [-0.3, -0.25) is 4.90 Å². The van der Waals surface area contributed by atoms with E-state index in [0.29, 0.717) is 18.2 Å². The van der Waals surface area contributed by atoms with Crippen molar-refractivity contribution in [2.75, 3.05) is 13.2 Å². The lowest BCUT2D eigenvalue weighted by Gasteiger charge is -2.26. The summed E-state index contributed by atoms with van der Waals surface area (Å²) in [7, 11) is 0. The number of nitrogens with zero attached hydrogens (tertiary/aromatic N) is 2. The second kappa shape index (κ2) is 6.39. The van der Waals surface area contributed by atoms with E-state index < -0.39 is 0 Å². The lowest BCUT2D eigenvalue weighted by atomic mass is 10.0. The molecule has 1 aromatic rings. The minimum Gasteiger partial charge on any atom is -0.395 e. The monoisotopic (exact) mass is 232 g/mol. The Morgan fingerprint density at radius 3 is 2.59 bits per heavy atom. The topological polar surface area (TPSA) is 47.3 Å². The van der Waals surface area contributed by atoms with Gasteiger partial charge in [0.05, 0.1) is 18.2 Å². The molecule has 1 aromatic carbocycles. The minimum atomic E-state index is 0.174. The van der Waals surface area contributed by atoms with Gasteiger partial charge in [-0.05, 0) is 44.0 Å². The zero-order valence-electron chi connectivity index (χ0n) is 10.8. The van der Waals surface area contributed by atoms with Crippen LogP contribution in [0.3, 0.4) is 0 Å². The molecule has 0 saturated heterocycles. The first-order chi connectivity index (χ1) is 8.08. The summed E-state index contributed by atoms with van der Waals surface area (Å²) in [5.74, 6) is 0. The Kier molecular flexibility index (Phi) is 5.14. The SMILES string of the molecule is Cc1cc(C#N)ccc1CN(CCO)C(C)C. The van der Waals surface area contributed by atoms with Gasteiger partial charge in [0.1, 0.15) is 0 Å². The molecule has 0 amide bonds. The third-order valence-electron chi connectivity index (χ3n) is 2.96. The third-order valence-corrected chi connectivity index (χ3v) is 2.96. The lowest BCUT2D eigenvalue weighted by molar-refractivity contribution is 0.159. The first kappa shape index (κ1) is 13.7. The molecule has 0 radical (unpaired) electrons. The largest absolute Gasteiger partial charge is 0.395 e. The van der Waals surface area contributed by atoms with Gasteiger partial charge < -0.3 is 5.11 Å². The molecule has 0 saturated carbocycles. The Morgan fingerprint density at radius 2 is 2.12 bits per heavy atom.